The van der Waals surface area contributed by atoms with Crippen molar-refractivity contribution >= 4 is 56.6 Å². The highest BCUT2D eigenvalue weighted by Gasteiger charge is 2.15. The van der Waals surface area contributed by atoms with Crippen molar-refractivity contribution in [2.45, 2.75) is 20.3 Å². The van der Waals surface area contributed by atoms with Gasteiger partial charge in [0.2, 0.25) is 17.6 Å². The first-order chi connectivity index (χ1) is 13.9. The van der Waals surface area contributed by atoms with E-state index in [-0.39, 0.29) is 35.4 Å². The molecule has 3 aromatic rings. The Kier molecular flexibility index (Phi) is 5.70. The van der Waals surface area contributed by atoms with Crippen molar-refractivity contribution in [3.63, 3.8) is 0 Å². The smallest absolute Gasteiger partial charge is 0.225 e. The monoisotopic (exact) mass is 410 g/mol. The van der Waals surface area contributed by atoms with Crippen molar-refractivity contribution in [2.75, 3.05) is 10.6 Å². The zero-order valence-electron chi connectivity index (χ0n) is 15.3. The normalized spacial score (nSPS) is 10.8. The Morgan fingerprint density at radius 3 is 2.79 bits per heavy atom. The number of carbonyl (C=O) groups excluding carboxylic acids is 2. The molecule has 29 heavy (non-hydrogen) atoms. The first kappa shape index (κ1) is 19.8. The summed E-state index contributed by atoms with van der Waals surface area (Å²) in [5.41, 5.74) is 0.877. The van der Waals surface area contributed by atoms with E-state index >= 15 is 0 Å². The Morgan fingerprint density at radius 2 is 2.10 bits per heavy atom. The number of fused-ring (bicyclic) bond motifs is 1. The molecule has 0 atom stereocenters. The van der Waals surface area contributed by atoms with Crippen molar-refractivity contribution in [3.8, 4) is 11.8 Å². The maximum atomic E-state index is 11.6. The molecule has 0 radical (unpaired) electrons. The molecule has 2 amide bonds. The average Bonchev–Trinajstić information content (AvgIpc) is 3.11. The second-order valence-electron chi connectivity index (χ2n) is 5.69. The van der Waals surface area contributed by atoms with Gasteiger partial charge < -0.3 is 15.7 Å². The number of azo groups is 1. The first-order valence-corrected chi connectivity index (χ1v) is 9.07. The summed E-state index contributed by atoms with van der Waals surface area (Å²) in [7, 11) is 0. The standard InChI is InChI=1S/C17H14N8O3S/c1-3-13(28)21-16-12(27)4-11(20-8(2)26)15(22-16)23-24-17-10-7-19-6-9(5-18)14(10)25-29-17/h4,6-7,27H,3H2,1-2H3,(H,20,26)(H,21,22,28). The molecule has 0 unspecified atom stereocenters. The van der Waals surface area contributed by atoms with E-state index in [2.05, 4.69) is 35.2 Å². The SMILES string of the molecule is CCC(=O)Nc1nc(N=Nc2snc3c(C#N)cncc23)c(NC(C)=O)cc1O. The minimum Gasteiger partial charge on any atom is -0.504 e. The lowest BCUT2D eigenvalue weighted by molar-refractivity contribution is -0.116. The molecule has 0 spiro atoms. The fraction of sp³-hybridized carbons (Fsp3) is 0.176. The zero-order chi connectivity index (χ0) is 21.0. The van der Waals surface area contributed by atoms with E-state index in [1.807, 2.05) is 6.07 Å². The van der Waals surface area contributed by atoms with Gasteiger partial charge in [0.05, 0.1) is 16.6 Å². The molecule has 0 saturated heterocycles. The van der Waals surface area contributed by atoms with Gasteiger partial charge in [-0.15, -0.1) is 10.2 Å². The second kappa shape index (κ2) is 8.36. The van der Waals surface area contributed by atoms with E-state index in [0.29, 0.717) is 21.5 Å². The average molecular weight is 410 g/mol. The molecule has 11 nitrogen and oxygen atoms in total. The maximum absolute atomic E-state index is 11.6. The molecular formula is C17H14N8O3S. The second-order valence-corrected chi connectivity index (χ2v) is 6.44. The predicted octanol–water partition coefficient (Wildman–Crippen LogP) is 3.39. The third-order valence-corrected chi connectivity index (χ3v) is 4.35. The van der Waals surface area contributed by atoms with E-state index in [1.165, 1.54) is 25.4 Å². The lowest BCUT2D eigenvalue weighted by Gasteiger charge is -2.10. The number of amides is 2. The molecule has 0 aliphatic rings. The van der Waals surface area contributed by atoms with Crippen LogP contribution in [0.1, 0.15) is 25.8 Å². The fourth-order valence-corrected chi connectivity index (χ4v) is 2.96. The minimum atomic E-state index is -0.404. The van der Waals surface area contributed by atoms with Gasteiger partial charge in [0, 0.05) is 31.8 Å². The Bertz CT molecular complexity index is 1180. The van der Waals surface area contributed by atoms with Crippen molar-refractivity contribution in [1.29, 1.82) is 5.26 Å². The van der Waals surface area contributed by atoms with Gasteiger partial charge in [-0.3, -0.25) is 14.6 Å². The number of aromatic hydroxyl groups is 1. The predicted molar refractivity (Wildman–Crippen MR) is 105 cm³/mol. The highest BCUT2D eigenvalue weighted by atomic mass is 32.1. The van der Waals surface area contributed by atoms with Crippen LogP contribution in [0.2, 0.25) is 0 Å². The third-order valence-electron chi connectivity index (χ3n) is 3.60. The molecule has 3 aromatic heterocycles. The Hall–Kier alpha value is -3.98. The van der Waals surface area contributed by atoms with Crippen LogP contribution in [0.3, 0.4) is 0 Å². The van der Waals surface area contributed by atoms with Gasteiger partial charge in [-0.2, -0.15) is 9.64 Å². The van der Waals surface area contributed by atoms with Gasteiger partial charge in [0.15, 0.2) is 16.6 Å². The summed E-state index contributed by atoms with van der Waals surface area (Å²) >= 11 is 1.02. The lowest BCUT2D eigenvalue weighted by Crippen LogP contribution is -2.12. The van der Waals surface area contributed by atoms with Crippen molar-refractivity contribution in [2.24, 2.45) is 10.2 Å². The Balaban J connectivity index is 2.04. The number of nitriles is 1. The number of aromatic nitrogens is 3. The number of anilines is 2. The molecule has 0 aromatic carbocycles. The van der Waals surface area contributed by atoms with Crippen LogP contribution in [0.4, 0.5) is 22.3 Å². The molecule has 0 aliphatic heterocycles. The van der Waals surface area contributed by atoms with Gasteiger partial charge in [0.1, 0.15) is 11.6 Å². The lowest BCUT2D eigenvalue weighted by atomic mass is 10.2. The van der Waals surface area contributed by atoms with Crippen molar-refractivity contribution < 1.29 is 14.7 Å². The van der Waals surface area contributed by atoms with Crippen molar-refractivity contribution in [3.05, 3.63) is 24.0 Å². The van der Waals surface area contributed by atoms with Gasteiger partial charge in [-0.05, 0) is 11.5 Å². The van der Waals surface area contributed by atoms with Crippen LogP contribution in [0.5, 0.6) is 5.75 Å². The van der Waals surface area contributed by atoms with Crippen LogP contribution in [0, 0.1) is 11.3 Å². The number of carbonyl (C=O) groups is 2. The Labute approximate surface area is 168 Å². The van der Waals surface area contributed by atoms with Gasteiger partial charge in [0.25, 0.3) is 0 Å². The number of pyridine rings is 2. The number of hydrogen-bond donors (Lipinski definition) is 3. The number of nitrogens with zero attached hydrogens (tertiary/aromatic N) is 6. The molecule has 0 aliphatic carbocycles. The molecule has 3 heterocycles. The first-order valence-electron chi connectivity index (χ1n) is 8.29. The van der Waals surface area contributed by atoms with Crippen LogP contribution >= 0.6 is 11.5 Å². The minimum absolute atomic E-state index is 0.0321. The number of rotatable bonds is 5. The molecule has 3 rings (SSSR count). The van der Waals surface area contributed by atoms with Crippen LogP contribution in [-0.2, 0) is 9.59 Å². The van der Waals surface area contributed by atoms with E-state index in [0.717, 1.165) is 11.5 Å². The molecule has 3 N–H and O–H groups in total. The van der Waals surface area contributed by atoms with Crippen molar-refractivity contribution in [1.82, 2.24) is 14.3 Å². The van der Waals surface area contributed by atoms with E-state index < -0.39 is 5.91 Å². The van der Waals surface area contributed by atoms with Gasteiger partial charge in [-0.25, -0.2) is 4.98 Å². The highest BCUT2D eigenvalue weighted by molar-refractivity contribution is 7.11. The van der Waals surface area contributed by atoms with Crippen LogP contribution in [0.15, 0.2) is 28.7 Å². The summed E-state index contributed by atoms with van der Waals surface area (Å²) in [6, 6.07) is 3.22. The molecular weight excluding hydrogens is 396 g/mol. The van der Waals surface area contributed by atoms with Crippen LogP contribution in [-0.4, -0.2) is 31.3 Å². The molecule has 0 fully saturated rings. The quantitative estimate of drug-likeness (QED) is 0.542. The summed E-state index contributed by atoms with van der Waals surface area (Å²) in [4.78, 5) is 31.2. The maximum Gasteiger partial charge on any atom is 0.225 e. The van der Waals surface area contributed by atoms with Crippen LogP contribution < -0.4 is 10.6 Å². The molecule has 12 heteroatoms. The van der Waals surface area contributed by atoms with E-state index in [4.69, 9.17) is 5.26 Å². The van der Waals surface area contributed by atoms with E-state index in [1.54, 1.807) is 6.92 Å². The van der Waals surface area contributed by atoms with Crippen LogP contribution in [0.25, 0.3) is 10.9 Å². The summed E-state index contributed by atoms with van der Waals surface area (Å²) in [5.74, 6) is -1.23. The largest absolute Gasteiger partial charge is 0.504 e. The Morgan fingerprint density at radius 1 is 1.31 bits per heavy atom. The molecule has 0 saturated carbocycles. The fourth-order valence-electron chi connectivity index (χ4n) is 2.26. The topological polar surface area (TPSA) is 166 Å². The molecule has 0 bridgehead atoms. The molecule has 146 valence electrons. The summed E-state index contributed by atoms with van der Waals surface area (Å²) < 4.78 is 4.19. The van der Waals surface area contributed by atoms with E-state index in [9.17, 15) is 14.7 Å². The van der Waals surface area contributed by atoms with Gasteiger partial charge >= 0.3 is 0 Å². The summed E-state index contributed by atoms with van der Waals surface area (Å²) in [6.45, 7) is 2.94. The highest BCUT2D eigenvalue weighted by Crippen LogP contribution is 2.36. The zero-order valence-corrected chi connectivity index (χ0v) is 16.1. The number of nitrogens with one attached hydrogen (secondary N) is 2. The van der Waals surface area contributed by atoms with Gasteiger partial charge in [-0.1, -0.05) is 6.92 Å². The third kappa shape index (κ3) is 4.30. The summed E-state index contributed by atoms with van der Waals surface area (Å²) in [5, 5.41) is 33.2. The summed E-state index contributed by atoms with van der Waals surface area (Å²) in [6.07, 6.45) is 3.11. The number of hydrogen-bond acceptors (Lipinski definition) is 10.